The molecule has 76 valence electrons. The van der Waals surface area contributed by atoms with Crippen molar-refractivity contribution in [2.45, 2.75) is 33.3 Å². The summed E-state index contributed by atoms with van der Waals surface area (Å²) in [6.45, 7) is 6.82. The van der Waals surface area contributed by atoms with Crippen LogP contribution in [0.1, 0.15) is 27.2 Å². The number of allylic oxidation sites excluding steroid dienone is 1. The van der Waals surface area contributed by atoms with E-state index in [4.69, 9.17) is 9.47 Å². The number of ether oxygens (including phenoxy) is 2. The van der Waals surface area contributed by atoms with Gasteiger partial charge in [0.2, 0.25) is 0 Å². The summed E-state index contributed by atoms with van der Waals surface area (Å²) in [6.07, 6.45) is 3.86. The molecule has 13 heavy (non-hydrogen) atoms. The van der Waals surface area contributed by atoms with E-state index in [9.17, 15) is 4.79 Å². The third-order valence-electron chi connectivity index (χ3n) is 1.32. The Bertz CT molecular complexity index is 164. The highest BCUT2D eigenvalue weighted by atomic mass is 16.6. The largest absolute Gasteiger partial charge is 0.457 e. The van der Waals surface area contributed by atoms with E-state index in [1.54, 1.807) is 13.0 Å². The quantitative estimate of drug-likeness (QED) is 0.361. The second-order valence-corrected chi connectivity index (χ2v) is 2.82. The summed E-state index contributed by atoms with van der Waals surface area (Å²) in [6, 6.07) is 0. The SMILES string of the molecule is C/C=C/C(=O)O[C@H](C)COCCC. The summed E-state index contributed by atoms with van der Waals surface area (Å²) in [4.78, 5) is 10.9. The van der Waals surface area contributed by atoms with Crippen LogP contribution in [0, 0.1) is 0 Å². The molecule has 0 rings (SSSR count). The molecule has 0 unspecified atom stereocenters. The van der Waals surface area contributed by atoms with Crippen LogP contribution in [0.25, 0.3) is 0 Å². The molecule has 0 saturated carbocycles. The van der Waals surface area contributed by atoms with Gasteiger partial charge in [-0.3, -0.25) is 0 Å². The number of hydrogen-bond acceptors (Lipinski definition) is 3. The maximum atomic E-state index is 10.9. The Labute approximate surface area is 79.7 Å². The predicted octanol–water partition coefficient (Wildman–Crippen LogP) is 1.92. The Morgan fingerprint density at radius 2 is 2.23 bits per heavy atom. The minimum Gasteiger partial charge on any atom is -0.457 e. The molecular weight excluding hydrogens is 168 g/mol. The van der Waals surface area contributed by atoms with Crippen molar-refractivity contribution >= 4 is 5.97 Å². The van der Waals surface area contributed by atoms with Crippen molar-refractivity contribution in [1.82, 2.24) is 0 Å². The van der Waals surface area contributed by atoms with Crippen molar-refractivity contribution < 1.29 is 14.3 Å². The van der Waals surface area contributed by atoms with Crippen molar-refractivity contribution in [3.63, 3.8) is 0 Å². The zero-order chi connectivity index (χ0) is 10.1. The number of carbonyl (C=O) groups excluding carboxylic acids is 1. The Kier molecular flexibility index (Phi) is 7.30. The van der Waals surface area contributed by atoms with E-state index < -0.39 is 0 Å². The molecule has 0 aliphatic carbocycles. The second kappa shape index (κ2) is 7.80. The molecule has 3 nitrogen and oxygen atoms in total. The maximum Gasteiger partial charge on any atom is 0.330 e. The molecule has 0 N–H and O–H groups in total. The molecule has 0 aliphatic rings. The van der Waals surface area contributed by atoms with Gasteiger partial charge in [-0.1, -0.05) is 13.0 Å². The fourth-order valence-electron chi connectivity index (χ4n) is 0.801. The summed E-state index contributed by atoms with van der Waals surface area (Å²) < 4.78 is 10.2. The third-order valence-corrected chi connectivity index (χ3v) is 1.32. The lowest BCUT2D eigenvalue weighted by Gasteiger charge is -2.11. The summed E-state index contributed by atoms with van der Waals surface area (Å²) in [5.74, 6) is -0.310. The van der Waals surface area contributed by atoms with E-state index in [0.717, 1.165) is 6.42 Å². The summed E-state index contributed by atoms with van der Waals surface area (Å²) in [5, 5.41) is 0. The highest BCUT2D eigenvalue weighted by Crippen LogP contribution is 1.94. The van der Waals surface area contributed by atoms with Crippen molar-refractivity contribution in [2.75, 3.05) is 13.2 Å². The number of carbonyl (C=O) groups is 1. The van der Waals surface area contributed by atoms with Crippen LogP contribution in [-0.4, -0.2) is 25.3 Å². The van der Waals surface area contributed by atoms with Crippen LogP contribution in [0.3, 0.4) is 0 Å². The molecule has 0 heterocycles. The van der Waals surface area contributed by atoms with Crippen molar-refractivity contribution in [3.8, 4) is 0 Å². The first-order valence-corrected chi connectivity index (χ1v) is 4.61. The topological polar surface area (TPSA) is 35.5 Å². The van der Waals surface area contributed by atoms with E-state index in [2.05, 4.69) is 0 Å². The zero-order valence-corrected chi connectivity index (χ0v) is 8.58. The molecule has 0 fully saturated rings. The lowest BCUT2D eigenvalue weighted by molar-refractivity contribution is -0.144. The van der Waals surface area contributed by atoms with Crippen LogP contribution in [0.4, 0.5) is 0 Å². The molecule has 0 aromatic heterocycles. The Morgan fingerprint density at radius 3 is 2.77 bits per heavy atom. The van der Waals surface area contributed by atoms with Gasteiger partial charge in [-0.15, -0.1) is 0 Å². The standard InChI is InChI=1S/C10H18O3/c1-4-6-10(11)13-9(3)8-12-7-5-2/h4,6,9H,5,7-8H2,1-3H3/b6-4+/t9-/m1/s1. The molecule has 1 atom stereocenters. The van der Waals surface area contributed by atoms with Gasteiger partial charge in [-0.25, -0.2) is 4.79 Å². The Morgan fingerprint density at radius 1 is 1.54 bits per heavy atom. The summed E-state index contributed by atoms with van der Waals surface area (Å²) in [7, 11) is 0. The first-order valence-electron chi connectivity index (χ1n) is 4.61. The first kappa shape index (κ1) is 12.2. The lowest BCUT2D eigenvalue weighted by atomic mass is 10.4. The third kappa shape index (κ3) is 7.53. The molecule has 3 heteroatoms. The van der Waals surface area contributed by atoms with Gasteiger partial charge in [-0.05, 0) is 20.3 Å². The van der Waals surface area contributed by atoms with Gasteiger partial charge in [-0.2, -0.15) is 0 Å². The van der Waals surface area contributed by atoms with Gasteiger partial charge in [0.25, 0.3) is 0 Å². The molecule has 0 radical (unpaired) electrons. The van der Waals surface area contributed by atoms with Gasteiger partial charge in [0.1, 0.15) is 6.10 Å². The molecule has 0 aromatic rings. The average Bonchev–Trinajstić information content (AvgIpc) is 2.05. The van der Waals surface area contributed by atoms with Gasteiger partial charge in [0.15, 0.2) is 0 Å². The summed E-state index contributed by atoms with van der Waals surface area (Å²) in [5.41, 5.74) is 0. The highest BCUT2D eigenvalue weighted by Gasteiger charge is 2.05. The zero-order valence-electron chi connectivity index (χ0n) is 8.58. The van der Waals surface area contributed by atoms with Crippen molar-refractivity contribution in [3.05, 3.63) is 12.2 Å². The minimum atomic E-state index is -0.310. The van der Waals surface area contributed by atoms with E-state index >= 15 is 0 Å². The Hall–Kier alpha value is -0.830. The van der Waals surface area contributed by atoms with Gasteiger partial charge < -0.3 is 9.47 Å². The number of esters is 1. The van der Waals surface area contributed by atoms with Crippen molar-refractivity contribution in [2.24, 2.45) is 0 Å². The van der Waals surface area contributed by atoms with Crippen LogP contribution in [-0.2, 0) is 14.3 Å². The monoisotopic (exact) mass is 186 g/mol. The average molecular weight is 186 g/mol. The molecule has 0 bridgehead atoms. The van der Waals surface area contributed by atoms with Crippen LogP contribution in [0.2, 0.25) is 0 Å². The van der Waals surface area contributed by atoms with E-state index in [0.29, 0.717) is 13.2 Å². The van der Waals surface area contributed by atoms with E-state index in [-0.39, 0.29) is 12.1 Å². The number of rotatable bonds is 6. The smallest absolute Gasteiger partial charge is 0.330 e. The molecule has 0 aromatic carbocycles. The maximum absolute atomic E-state index is 10.9. The van der Waals surface area contributed by atoms with E-state index in [1.807, 2.05) is 13.8 Å². The summed E-state index contributed by atoms with van der Waals surface area (Å²) >= 11 is 0. The molecule has 0 amide bonds. The molecule has 0 spiro atoms. The molecular formula is C10H18O3. The van der Waals surface area contributed by atoms with Gasteiger partial charge in [0, 0.05) is 12.7 Å². The normalized spacial score (nSPS) is 13.2. The van der Waals surface area contributed by atoms with Crippen LogP contribution >= 0.6 is 0 Å². The molecule has 0 saturated heterocycles. The van der Waals surface area contributed by atoms with Gasteiger partial charge >= 0.3 is 5.97 Å². The predicted molar refractivity (Wildman–Crippen MR) is 51.5 cm³/mol. The fraction of sp³-hybridized carbons (Fsp3) is 0.700. The van der Waals surface area contributed by atoms with Gasteiger partial charge in [0.05, 0.1) is 6.61 Å². The van der Waals surface area contributed by atoms with Crippen LogP contribution < -0.4 is 0 Å². The van der Waals surface area contributed by atoms with Crippen LogP contribution in [0.15, 0.2) is 12.2 Å². The van der Waals surface area contributed by atoms with Crippen molar-refractivity contribution in [1.29, 1.82) is 0 Å². The first-order chi connectivity index (χ1) is 6.20. The fourth-order valence-corrected chi connectivity index (χ4v) is 0.801. The number of hydrogen-bond donors (Lipinski definition) is 0. The second-order valence-electron chi connectivity index (χ2n) is 2.82. The van der Waals surface area contributed by atoms with E-state index in [1.165, 1.54) is 6.08 Å². The molecule has 0 aliphatic heterocycles. The Balaban J connectivity index is 3.49. The highest BCUT2D eigenvalue weighted by molar-refractivity contribution is 5.81. The lowest BCUT2D eigenvalue weighted by Crippen LogP contribution is -2.19. The minimum absolute atomic E-state index is 0.171. The van der Waals surface area contributed by atoms with Crippen LogP contribution in [0.5, 0.6) is 0 Å².